The van der Waals surface area contributed by atoms with E-state index in [9.17, 15) is 14.7 Å². The number of aliphatic hydroxyl groups excluding tert-OH is 1. The van der Waals surface area contributed by atoms with Crippen LogP contribution in [0.15, 0.2) is 23.1 Å². The zero-order valence-corrected chi connectivity index (χ0v) is 15.3. The lowest BCUT2D eigenvalue weighted by molar-refractivity contribution is -0.0768. The molecule has 142 valence electrons. The summed E-state index contributed by atoms with van der Waals surface area (Å²) in [5, 5.41) is 10.2. The number of nitrogens with one attached hydrogen (secondary N) is 1. The van der Waals surface area contributed by atoms with Crippen molar-refractivity contribution >= 4 is 5.91 Å². The Morgan fingerprint density at radius 2 is 2.08 bits per heavy atom. The smallest absolute Gasteiger partial charge is 0.255 e. The van der Waals surface area contributed by atoms with Gasteiger partial charge < -0.3 is 15.0 Å². The van der Waals surface area contributed by atoms with Crippen LogP contribution < -0.4 is 5.56 Å². The van der Waals surface area contributed by atoms with Crippen molar-refractivity contribution in [3.05, 3.63) is 34.2 Å². The lowest BCUT2D eigenvalue weighted by atomic mass is 9.68. The molecule has 0 aromatic carbocycles. The molecule has 2 N–H and O–H groups in total. The summed E-state index contributed by atoms with van der Waals surface area (Å²) < 4.78 is 0. The number of H-pyrrole nitrogens is 1. The Morgan fingerprint density at radius 3 is 2.73 bits per heavy atom. The number of rotatable bonds is 4. The van der Waals surface area contributed by atoms with Crippen LogP contribution in [0.25, 0.3) is 0 Å². The zero-order valence-electron chi connectivity index (χ0n) is 15.3. The van der Waals surface area contributed by atoms with Crippen molar-refractivity contribution in [1.29, 1.82) is 0 Å². The minimum absolute atomic E-state index is 0.0260. The molecule has 3 aliphatic rings. The van der Waals surface area contributed by atoms with Gasteiger partial charge in [0.05, 0.1) is 12.2 Å². The number of amides is 1. The van der Waals surface area contributed by atoms with E-state index in [4.69, 9.17) is 0 Å². The first-order valence-electron chi connectivity index (χ1n) is 9.94. The summed E-state index contributed by atoms with van der Waals surface area (Å²) in [5.41, 5.74) is 0.268. The van der Waals surface area contributed by atoms with E-state index in [1.54, 1.807) is 6.07 Å². The number of nitrogens with zero attached hydrogens (tertiary/aromatic N) is 2. The Kier molecular flexibility index (Phi) is 4.88. The highest BCUT2D eigenvalue weighted by atomic mass is 16.3. The van der Waals surface area contributed by atoms with Gasteiger partial charge in [0.15, 0.2) is 0 Å². The molecule has 3 heterocycles. The molecule has 1 aromatic rings. The molecule has 4 rings (SSSR count). The van der Waals surface area contributed by atoms with Crippen LogP contribution in [0.4, 0.5) is 0 Å². The van der Waals surface area contributed by atoms with Crippen LogP contribution in [0.1, 0.15) is 48.9 Å². The van der Waals surface area contributed by atoms with Crippen LogP contribution >= 0.6 is 0 Å². The number of hydrogen-bond donors (Lipinski definition) is 2. The van der Waals surface area contributed by atoms with Gasteiger partial charge in [-0.1, -0.05) is 6.42 Å². The first kappa shape index (κ1) is 17.7. The average molecular weight is 359 g/mol. The molecule has 0 radical (unpaired) electrons. The van der Waals surface area contributed by atoms with Crippen LogP contribution in [0.2, 0.25) is 0 Å². The van der Waals surface area contributed by atoms with Crippen molar-refractivity contribution < 1.29 is 9.90 Å². The van der Waals surface area contributed by atoms with Gasteiger partial charge in [0, 0.05) is 43.4 Å². The van der Waals surface area contributed by atoms with Gasteiger partial charge in [-0.05, 0) is 50.6 Å². The molecule has 1 aromatic heterocycles. The number of likely N-dealkylation sites (tertiary alicyclic amines) is 2. The second-order valence-corrected chi connectivity index (χ2v) is 8.37. The highest BCUT2D eigenvalue weighted by Gasteiger charge is 2.48. The molecule has 1 amide bonds. The van der Waals surface area contributed by atoms with Crippen LogP contribution in [0.5, 0.6) is 0 Å². The second-order valence-electron chi connectivity index (χ2n) is 8.37. The van der Waals surface area contributed by atoms with E-state index in [0.717, 1.165) is 38.3 Å². The molecule has 0 unspecified atom stereocenters. The third kappa shape index (κ3) is 3.21. The Labute approximate surface area is 154 Å². The Morgan fingerprint density at radius 1 is 1.23 bits per heavy atom. The van der Waals surface area contributed by atoms with E-state index in [-0.39, 0.29) is 29.5 Å². The fourth-order valence-electron chi connectivity index (χ4n) is 5.00. The largest absolute Gasteiger partial charge is 0.396 e. The van der Waals surface area contributed by atoms with Gasteiger partial charge in [0.25, 0.3) is 5.91 Å². The van der Waals surface area contributed by atoms with Gasteiger partial charge in [-0.15, -0.1) is 0 Å². The number of hydrogen-bond acceptors (Lipinski definition) is 4. The maximum atomic E-state index is 12.9. The van der Waals surface area contributed by atoms with Gasteiger partial charge in [-0.25, -0.2) is 0 Å². The summed E-state index contributed by atoms with van der Waals surface area (Å²) in [6.45, 7) is 3.73. The molecule has 26 heavy (non-hydrogen) atoms. The molecule has 0 spiro atoms. The molecule has 2 saturated heterocycles. The lowest BCUT2D eigenvalue weighted by Gasteiger charge is -2.55. The molecule has 6 heteroatoms. The fraction of sp³-hybridized carbons (Fsp3) is 0.700. The third-order valence-corrected chi connectivity index (χ3v) is 6.89. The van der Waals surface area contributed by atoms with Gasteiger partial charge in [-0.3, -0.25) is 14.5 Å². The van der Waals surface area contributed by atoms with Crippen molar-refractivity contribution in [2.45, 2.75) is 44.6 Å². The maximum absolute atomic E-state index is 12.9. The van der Waals surface area contributed by atoms with Gasteiger partial charge >= 0.3 is 0 Å². The molecular weight excluding hydrogens is 330 g/mol. The predicted molar refractivity (Wildman–Crippen MR) is 99.0 cm³/mol. The molecule has 1 saturated carbocycles. The van der Waals surface area contributed by atoms with Crippen LogP contribution in [0, 0.1) is 11.3 Å². The molecule has 2 atom stereocenters. The number of carbonyl (C=O) groups is 1. The topological polar surface area (TPSA) is 76.6 Å². The fourth-order valence-corrected chi connectivity index (χ4v) is 5.00. The molecule has 6 nitrogen and oxygen atoms in total. The Balaban J connectivity index is 1.52. The first-order chi connectivity index (χ1) is 12.6. The molecular formula is C20H29N3O3. The van der Waals surface area contributed by atoms with E-state index in [2.05, 4.69) is 9.88 Å². The summed E-state index contributed by atoms with van der Waals surface area (Å²) in [7, 11) is 0. The van der Waals surface area contributed by atoms with Crippen molar-refractivity contribution in [3.63, 3.8) is 0 Å². The summed E-state index contributed by atoms with van der Waals surface area (Å²) in [4.78, 5) is 31.2. The predicted octanol–water partition coefficient (Wildman–Crippen LogP) is 1.46. The number of piperidine rings is 2. The maximum Gasteiger partial charge on any atom is 0.255 e. The summed E-state index contributed by atoms with van der Waals surface area (Å²) in [5.74, 6) is 0.761. The number of fused-ring (bicyclic) bond motifs is 1. The zero-order chi connectivity index (χ0) is 18.1. The van der Waals surface area contributed by atoms with Gasteiger partial charge in [0.2, 0.25) is 5.56 Å². The SMILES string of the molecule is O=C(c1ccc(=O)[nH]c1)N1CC[C@@]2(CO)CCCN(CC3CCC3)[C@@H]2C1. The lowest BCUT2D eigenvalue weighted by Crippen LogP contribution is -2.64. The minimum atomic E-state index is -0.196. The highest BCUT2D eigenvalue weighted by molar-refractivity contribution is 5.94. The Hall–Kier alpha value is -1.66. The van der Waals surface area contributed by atoms with Crippen LogP contribution in [0.3, 0.4) is 0 Å². The summed E-state index contributed by atoms with van der Waals surface area (Å²) >= 11 is 0. The van der Waals surface area contributed by atoms with E-state index in [0.29, 0.717) is 18.7 Å². The monoisotopic (exact) mass is 359 g/mol. The average Bonchev–Trinajstić information content (AvgIpc) is 2.64. The number of carbonyl (C=O) groups excluding carboxylic acids is 1. The number of aromatic amines is 1. The van der Waals surface area contributed by atoms with E-state index >= 15 is 0 Å². The van der Waals surface area contributed by atoms with Gasteiger partial charge in [0.1, 0.15) is 0 Å². The summed E-state index contributed by atoms with van der Waals surface area (Å²) in [6, 6.07) is 3.24. The standard InChI is InChI=1S/C20H29N3O3/c24-14-20-7-2-9-22(12-15-3-1-4-15)17(20)13-23(10-8-20)19(26)16-5-6-18(25)21-11-16/h5-6,11,15,17,24H,1-4,7-10,12-14H2,(H,21,25)/t17-,20-/m1/s1. The van der Waals surface area contributed by atoms with Crippen molar-refractivity contribution in [2.75, 3.05) is 32.8 Å². The van der Waals surface area contributed by atoms with Gasteiger partial charge in [-0.2, -0.15) is 0 Å². The van der Waals surface area contributed by atoms with E-state index in [1.165, 1.54) is 31.5 Å². The molecule has 2 aliphatic heterocycles. The number of aromatic nitrogens is 1. The van der Waals surface area contributed by atoms with Crippen LogP contribution in [-0.2, 0) is 0 Å². The minimum Gasteiger partial charge on any atom is -0.396 e. The van der Waals surface area contributed by atoms with Crippen molar-refractivity contribution in [1.82, 2.24) is 14.8 Å². The second kappa shape index (κ2) is 7.16. The van der Waals surface area contributed by atoms with Crippen molar-refractivity contribution in [3.8, 4) is 0 Å². The van der Waals surface area contributed by atoms with Crippen molar-refractivity contribution in [2.24, 2.45) is 11.3 Å². The normalized spacial score (nSPS) is 29.9. The Bertz CT molecular complexity index is 694. The number of aliphatic hydroxyl groups is 1. The third-order valence-electron chi connectivity index (χ3n) is 6.89. The highest BCUT2D eigenvalue weighted by Crippen LogP contribution is 2.43. The number of pyridine rings is 1. The quantitative estimate of drug-likeness (QED) is 0.853. The van der Waals surface area contributed by atoms with E-state index in [1.807, 2.05) is 4.90 Å². The van der Waals surface area contributed by atoms with Crippen LogP contribution in [-0.4, -0.2) is 64.6 Å². The molecule has 0 bridgehead atoms. The molecule has 1 aliphatic carbocycles. The summed E-state index contributed by atoms with van der Waals surface area (Å²) in [6.07, 6.45) is 8.51. The first-order valence-corrected chi connectivity index (χ1v) is 9.94. The van der Waals surface area contributed by atoms with E-state index < -0.39 is 0 Å². The molecule has 3 fully saturated rings.